The van der Waals surface area contributed by atoms with Crippen molar-refractivity contribution in [1.82, 2.24) is 0 Å². The molecular formula is C8H13N. The summed E-state index contributed by atoms with van der Waals surface area (Å²) in [6, 6.07) is 0. The van der Waals surface area contributed by atoms with E-state index in [4.69, 9.17) is 5.41 Å². The fourth-order valence-electron chi connectivity index (χ4n) is 0.592. The first-order valence-corrected chi connectivity index (χ1v) is 3.05. The van der Waals surface area contributed by atoms with Crippen LogP contribution in [0.5, 0.6) is 0 Å². The molecule has 0 amide bonds. The summed E-state index contributed by atoms with van der Waals surface area (Å²) < 4.78 is 0. The van der Waals surface area contributed by atoms with Gasteiger partial charge in [0.05, 0.1) is 0 Å². The van der Waals surface area contributed by atoms with Gasteiger partial charge in [0, 0.05) is 6.21 Å². The summed E-state index contributed by atoms with van der Waals surface area (Å²) in [4.78, 5) is 0. The van der Waals surface area contributed by atoms with Gasteiger partial charge in [-0.3, -0.25) is 0 Å². The molecule has 0 aromatic heterocycles. The third kappa shape index (κ3) is 2.85. The average Bonchev–Trinajstić information content (AvgIpc) is 1.82. The second kappa shape index (κ2) is 4.07. The van der Waals surface area contributed by atoms with Crippen LogP contribution in [0.1, 0.15) is 13.8 Å². The van der Waals surface area contributed by atoms with Crippen molar-refractivity contribution in [1.29, 1.82) is 5.41 Å². The van der Waals surface area contributed by atoms with E-state index >= 15 is 0 Å². The molecule has 50 valence electrons. The Labute approximate surface area is 56.6 Å². The lowest BCUT2D eigenvalue weighted by molar-refractivity contribution is 0.793. The molecule has 0 saturated heterocycles. The zero-order valence-electron chi connectivity index (χ0n) is 6.02. The van der Waals surface area contributed by atoms with Crippen molar-refractivity contribution in [3.63, 3.8) is 0 Å². The lowest BCUT2D eigenvalue weighted by Gasteiger charge is -2.02. The predicted molar refractivity (Wildman–Crippen MR) is 41.9 cm³/mol. The van der Waals surface area contributed by atoms with E-state index in [1.54, 1.807) is 12.2 Å². The molecule has 0 aromatic carbocycles. The molecule has 0 saturated carbocycles. The van der Waals surface area contributed by atoms with Crippen molar-refractivity contribution in [2.24, 2.45) is 5.92 Å². The highest BCUT2D eigenvalue weighted by Crippen LogP contribution is 2.08. The molecule has 0 spiro atoms. The second-order valence-electron chi connectivity index (χ2n) is 2.19. The molecule has 9 heavy (non-hydrogen) atoms. The number of allylic oxidation sites excluding steroid dienone is 3. The maximum Gasteiger partial charge on any atom is 0.0180 e. The summed E-state index contributed by atoms with van der Waals surface area (Å²) in [5, 5.41) is 6.78. The molecule has 0 bridgehead atoms. The average molecular weight is 123 g/mol. The molecule has 0 atom stereocenters. The van der Waals surface area contributed by atoms with Gasteiger partial charge in [0.2, 0.25) is 0 Å². The number of nitrogens with one attached hydrogen (secondary N) is 1. The molecule has 1 N–H and O–H groups in total. The highest BCUT2D eigenvalue weighted by atomic mass is 14.3. The van der Waals surface area contributed by atoms with Gasteiger partial charge in [-0.15, -0.1) is 0 Å². The third-order valence-electron chi connectivity index (χ3n) is 1.18. The normalized spacial score (nSPS) is 11.7. The van der Waals surface area contributed by atoms with E-state index in [2.05, 4.69) is 20.4 Å². The fourth-order valence-corrected chi connectivity index (χ4v) is 0.592. The van der Waals surface area contributed by atoms with E-state index in [0.29, 0.717) is 5.92 Å². The zero-order valence-corrected chi connectivity index (χ0v) is 6.02. The van der Waals surface area contributed by atoms with Crippen LogP contribution < -0.4 is 0 Å². The van der Waals surface area contributed by atoms with Gasteiger partial charge in [0.1, 0.15) is 0 Å². The highest BCUT2D eigenvalue weighted by Gasteiger charge is 1.94. The molecule has 0 aliphatic heterocycles. The van der Waals surface area contributed by atoms with Gasteiger partial charge >= 0.3 is 0 Å². The predicted octanol–water partition coefficient (Wildman–Crippen LogP) is 2.40. The minimum absolute atomic E-state index is 0.476. The topological polar surface area (TPSA) is 23.9 Å². The van der Waals surface area contributed by atoms with Crippen LogP contribution in [0.25, 0.3) is 0 Å². The van der Waals surface area contributed by atoms with Crippen LogP contribution in [0.15, 0.2) is 24.3 Å². The first-order valence-electron chi connectivity index (χ1n) is 3.05. The Kier molecular flexibility index (Phi) is 3.69. The van der Waals surface area contributed by atoms with E-state index < -0.39 is 0 Å². The molecule has 0 aliphatic rings. The maximum atomic E-state index is 6.78. The molecule has 0 aromatic rings. The van der Waals surface area contributed by atoms with Gasteiger partial charge in [-0.05, 0) is 17.6 Å². The standard InChI is InChI=1S/C8H13N/c1-4-8(5-6-9)7(2)3/h4-7,9H,1H2,2-3H3/b8-5-,9-6?. The van der Waals surface area contributed by atoms with E-state index in [9.17, 15) is 0 Å². The van der Waals surface area contributed by atoms with Gasteiger partial charge in [-0.1, -0.05) is 26.5 Å². The van der Waals surface area contributed by atoms with Crippen molar-refractivity contribution in [3.05, 3.63) is 24.3 Å². The second-order valence-corrected chi connectivity index (χ2v) is 2.19. The van der Waals surface area contributed by atoms with E-state index in [1.165, 1.54) is 6.21 Å². The molecular weight excluding hydrogens is 110 g/mol. The third-order valence-corrected chi connectivity index (χ3v) is 1.18. The smallest absolute Gasteiger partial charge is 0.0180 e. The summed E-state index contributed by atoms with van der Waals surface area (Å²) in [6.45, 7) is 7.79. The van der Waals surface area contributed by atoms with Crippen LogP contribution in [0, 0.1) is 11.3 Å². The summed E-state index contributed by atoms with van der Waals surface area (Å²) in [6.07, 6.45) is 4.84. The number of hydrogen-bond acceptors (Lipinski definition) is 1. The first-order chi connectivity index (χ1) is 4.22. The Balaban J connectivity index is 4.13. The quantitative estimate of drug-likeness (QED) is 0.440. The maximum absolute atomic E-state index is 6.78. The van der Waals surface area contributed by atoms with Gasteiger partial charge in [-0.2, -0.15) is 0 Å². The van der Waals surface area contributed by atoms with Crippen molar-refractivity contribution >= 4 is 6.21 Å². The highest BCUT2D eigenvalue weighted by molar-refractivity contribution is 5.69. The first kappa shape index (κ1) is 8.15. The zero-order chi connectivity index (χ0) is 7.28. The molecule has 0 heterocycles. The van der Waals surface area contributed by atoms with Crippen molar-refractivity contribution in [2.45, 2.75) is 13.8 Å². The van der Waals surface area contributed by atoms with Gasteiger partial charge in [0.25, 0.3) is 0 Å². The summed E-state index contributed by atoms with van der Waals surface area (Å²) in [5.41, 5.74) is 1.12. The molecule has 0 radical (unpaired) electrons. The lowest BCUT2D eigenvalue weighted by atomic mass is 10.0. The van der Waals surface area contributed by atoms with Crippen LogP contribution in [0.2, 0.25) is 0 Å². The van der Waals surface area contributed by atoms with Crippen LogP contribution in [-0.2, 0) is 0 Å². The molecule has 0 rings (SSSR count). The Hall–Kier alpha value is -0.850. The molecule has 0 fully saturated rings. The fraction of sp³-hybridized carbons (Fsp3) is 0.375. The van der Waals surface area contributed by atoms with Crippen molar-refractivity contribution < 1.29 is 0 Å². The number of rotatable bonds is 3. The van der Waals surface area contributed by atoms with E-state index in [-0.39, 0.29) is 0 Å². The van der Waals surface area contributed by atoms with Crippen LogP contribution in [-0.4, -0.2) is 6.21 Å². The summed E-state index contributed by atoms with van der Waals surface area (Å²) >= 11 is 0. The molecule has 0 unspecified atom stereocenters. The van der Waals surface area contributed by atoms with Crippen LogP contribution in [0.4, 0.5) is 0 Å². The molecule has 1 nitrogen and oxygen atoms in total. The summed E-state index contributed by atoms with van der Waals surface area (Å²) in [7, 11) is 0. The Morgan fingerprint density at radius 1 is 1.56 bits per heavy atom. The lowest BCUT2D eigenvalue weighted by Crippen LogP contribution is -1.89. The van der Waals surface area contributed by atoms with Crippen LogP contribution in [0.3, 0.4) is 0 Å². The largest absolute Gasteiger partial charge is 0.309 e. The van der Waals surface area contributed by atoms with Gasteiger partial charge in [-0.25, -0.2) is 0 Å². The Morgan fingerprint density at radius 2 is 2.11 bits per heavy atom. The van der Waals surface area contributed by atoms with Crippen LogP contribution >= 0.6 is 0 Å². The van der Waals surface area contributed by atoms with Gasteiger partial charge in [0.15, 0.2) is 0 Å². The van der Waals surface area contributed by atoms with Crippen molar-refractivity contribution in [3.8, 4) is 0 Å². The minimum atomic E-state index is 0.476. The van der Waals surface area contributed by atoms with Gasteiger partial charge < -0.3 is 5.41 Å². The monoisotopic (exact) mass is 123 g/mol. The minimum Gasteiger partial charge on any atom is -0.309 e. The molecule has 0 aliphatic carbocycles. The van der Waals surface area contributed by atoms with Crippen molar-refractivity contribution in [2.75, 3.05) is 0 Å². The van der Waals surface area contributed by atoms with E-state index in [0.717, 1.165) is 5.57 Å². The SMILES string of the molecule is C=C/C(=C/C=N)C(C)C. The Bertz CT molecular complexity index is 132. The van der Waals surface area contributed by atoms with E-state index in [1.807, 2.05) is 0 Å². The molecule has 1 heteroatoms. The Morgan fingerprint density at radius 3 is 2.22 bits per heavy atom. The number of hydrogen-bond donors (Lipinski definition) is 1. The summed E-state index contributed by atoms with van der Waals surface area (Å²) in [5.74, 6) is 0.476.